The molecular weight excluding hydrogens is 218 g/mol. The molecular formula is C12H15N3O2. The van der Waals surface area contributed by atoms with Crippen LogP contribution in [-0.2, 0) is 6.42 Å². The third kappa shape index (κ3) is 1.67. The molecule has 0 bridgehead atoms. The first-order valence-corrected chi connectivity index (χ1v) is 5.91. The van der Waals surface area contributed by atoms with Crippen LogP contribution in [0.25, 0.3) is 11.6 Å². The minimum absolute atomic E-state index is 0.0779. The van der Waals surface area contributed by atoms with E-state index in [-0.39, 0.29) is 12.6 Å². The molecule has 0 aromatic carbocycles. The number of aliphatic hydroxyl groups is 1. The first-order chi connectivity index (χ1) is 8.29. The van der Waals surface area contributed by atoms with E-state index in [2.05, 4.69) is 10.2 Å². The van der Waals surface area contributed by atoms with Crippen molar-refractivity contribution in [3.8, 4) is 11.6 Å². The molecule has 90 valence electrons. The maximum atomic E-state index is 9.43. The predicted octanol–water partition coefficient (Wildman–Crippen LogP) is 1.72. The molecule has 0 aliphatic carbocycles. The van der Waals surface area contributed by atoms with Gasteiger partial charge in [-0.3, -0.25) is 0 Å². The lowest BCUT2D eigenvalue weighted by atomic mass is 10.0. The van der Waals surface area contributed by atoms with Crippen molar-refractivity contribution in [3.05, 3.63) is 23.7 Å². The normalized spacial score (nSPS) is 19.3. The number of rotatable bonds is 2. The number of nitrogens with zero attached hydrogens (tertiary/aromatic N) is 3. The Morgan fingerprint density at radius 2 is 2.35 bits per heavy atom. The van der Waals surface area contributed by atoms with Crippen LogP contribution in [0.3, 0.4) is 0 Å². The second-order valence-corrected chi connectivity index (χ2v) is 4.45. The van der Waals surface area contributed by atoms with E-state index < -0.39 is 0 Å². The summed E-state index contributed by atoms with van der Waals surface area (Å²) in [5.74, 6) is 3.25. The van der Waals surface area contributed by atoms with Crippen LogP contribution in [0.2, 0.25) is 0 Å². The molecule has 0 saturated heterocycles. The van der Waals surface area contributed by atoms with E-state index in [1.807, 2.05) is 23.6 Å². The Hall–Kier alpha value is -1.62. The fourth-order valence-corrected chi connectivity index (χ4v) is 2.40. The minimum atomic E-state index is 0.0779. The fourth-order valence-electron chi connectivity index (χ4n) is 2.40. The number of aromatic nitrogens is 3. The van der Waals surface area contributed by atoms with E-state index >= 15 is 0 Å². The molecule has 1 atom stereocenters. The molecule has 3 rings (SSSR count). The van der Waals surface area contributed by atoms with Gasteiger partial charge in [-0.25, -0.2) is 0 Å². The Morgan fingerprint density at radius 3 is 3.06 bits per heavy atom. The molecule has 2 aromatic heterocycles. The number of furan rings is 1. The second kappa shape index (κ2) is 4.00. The van der Waals surface area contributed by atoms with Crippen LogP contribution in [0.1, 0.15) is 30.5 Å². The monoisotopic (exact) mass is 233 g/mol. The van der Waals surface area contributed by atoms with Gasteiger partial charge in [0.25, 0.3) is 0 Å². The molecule has 5 nitrogen and oxygen atoms in total. The molecule has 0 fully saturated rings. The number of aliphatic hydroxyl groups excluding tert-OH is 1. The molecule has 1 aliphatic heterocycles. The number of fused-ring (bicyclic) bond motifs is 1. The molecule has 0 amide bonds. The van der Waals surface area contributed by atoms with Gasteiger partial charge in [-0.1, -0.05) is 0 Å². The highest BCUT2D eigenvalue weighted by molar-refractivity contribution is 5.48. The van der Waals surface area contributed by atoms with E-state index in [9.17, 15) is 5.11 Å². The maximum Gasteiger partial charge on any atom is 0.200 e. The summed E-state index contributed by atoms with van der Waals surface area (Å²) in [6.07, 6.45) is 2.94. The summed E-state index contributed by atoms with van der Waals surface area (Å²) in [6, 6.07) is 3.89. The Morgan fingerprint density at radius 1 is 1.47 bits per heavy atom. The largest absolute Gasteiger partial charge is 0.458 e. The molecule has 2 aromatic rings. The summed E-state index contributed by atoms with van der Waals surface area (Å²) in [4.78, 5) is 0. The van der Waals surface area contributed by atoms with Gasteiger partial charge in [0, 0.05) is 6.42 Å². The van der Waals surface area contributed by atoms with E-state index in [0.717, 1.165) is 42.4 Å². The van der Waals surface area contributed by atoms with Crippen LogP contribution in [0.5, 0.6) is 0 Å². The Labute approximate surface area is 99.1 Å². The van der Waals surface area contributed by atoms with Crippen LogP contribution >= 0.6 is 0 Å². The lowest BCUT2D eigenvalue weighted by Gasteiger charge is -2.23. The van der Waals surface area contributed by atoms with Gasteiger partial charge in [-0.05, 0) is 31.9 Å². The maximum absolute atomic E-state index is 9.43. The van der Waals surface area contributed by atoms with Crippen LogP contribution in [0.15, 0.2) is 16.5 Å². The highest BCUT2D eigenvalue weighted by Gasteiger charge is 2.25. The molecule has 0 radical (unpaired) electrons. The molecule has 1 unspecified atom stereocenters. The van der Waals surface area contributed by atoms with Crippen LogP contribution in [0.4, 0.5) is 0 Å². The van der Waals surface area contributed by atoms with Crippen molar-refractivity contribution in [1.29, 1.82) is 0 Å². The average Bonchev–Trinajstić information content (AvgIpc) is 2.94. The van der Waals surface area contributed by atoms with Crippen LogP contribution in [0, 0.1) is 6.92 Å². The highest BCUT2D eigenvalue weighted by Crippen LogP contribution is 2.30. The van der Waals surface area contributed by atoms with Crippen molar-refractivity contribution >= 4 is 0 Å². The van der Waals surface area contributed by atoms with Crippen molar-refractivity contribution in [1.82, 2.24) is 14.8 Å². The smallest absolute Gasteiger partial charge is 0.200 e. The third-order valence-electron chi connectivity index (χ3n) is 3.24. The van der Waals surface area contributed by atoms with Gasteiger partial charge in [0.15, 0.2) is 11.6 Å². The van der Waals surface area contributed by atoms with Crippen molar-refractivity contribution in [2.24, 2.45) is 0 Å². The zero-order chi connectivity index (χ0) is 11.8. The molecule has 5 heteroatoms. The molecule has 17 heavy (non-hydrogen) atoms. The lowest BCUT2D eigenvalue weighted by molar-refractivity contribution is 0.207. The van der Waals surface area contributed by atoms with Gasteiger partial charge in [0.05, 0.1) is 12.6 Å². The number of hydrogen-bond donors (Lipinski definition) is 1. The van der Waals surface area contributed by atoms with Crippen molar-refractivity contribution in [2.45, 2.75) is 32.2 Å². The zero-order valence-corrected chi connectivity index (χ0v) is 9.76. The first-order valence-electron chi connectivity index (χ1n) is 5.91. The standard InChI is InChI=1S/C12H15N3O2/c1-8-5-6-10(17-8)12-14-13-11-4-2-3-9(7-16)15(11)12/h5-6,9,16H,2-4,7H2,1H3. The SMILES string of the molecule is Cc1ccc(-c2nnc3n2C(CO)CCC3)o1. The highest BCUT2D eigenvalue weighted by atomic mass is 16.3. The molecule has 1 aliphatic rings. The summed E-state index contributed by atoms with van der Waals surface area (Å²) < 4.78 is 7.60. The quantitative estimate of drug-likeness (QED) is 0.857. The molecule has 3 heterocycles. The van der Waals surface area contributed by atoms with E-state index in [0.29, 0.717) is 0 Å². The second-order valence-electron chi connectivity index (χ2n) is 4.45. The average molecular weight is 233 g/mol. The first kappa shape index (κ1) is 10.5. The number of hydrogen-bond acceptors (Lipinski definition) is 4. The van der Waals surface area contributed by atoms with Crippen molar-refractivity contribution < 1.29 is 9.52 Å². The van der Waals surface area contributed by atoms with E-state index in [4.69, 9.17) is 4.42 Å². The summed E-state index contributed by atoms with van der Waals surface area (Å²) in [5.41, 5.74) is 0. The lowest BCUT2D eigenvalue weighted by Crippen LogP contribution is -2.21. The summed E-state index contributed by atoms with van der Waals surface area (Å²) in [5, 5.41) is 17.8. The van der Waals surface area contributed by atoms with E-state index in [1.165, 1.54) is 0 Å². The third-order valence-corrected chi connectivity index (χ3v) is 3.24. The number of aryl methyl sites for hydroxylation is 2. The fraction of sp³-hybridized carbons (Fsp3) is 0.500. The topological polar surface area (TPSA) is 64.1 Å². The van der Waals surface area contributed by atoms with Crippen molar-refractivity contribution in [2.75, 3.05) is 6.61 Å². The van der Waals surface area contributed by atoms with Gasteiger partial charge in [0.2, 0.25) is 0 Å². The van der Waals surface area contributed by atoms with Crippen molar-refractivity contribution in [3.63, 3.8) is 0 Å². The Bertz CT molecular complexity index is 530. The summed E-state index contributed by atoms with van der Waals surface area (Å²) >= 11 is 0. The Balaban J connectivity index is 2.09. The minimum Gasteiger partial charge on any atom is -0.458 e. The zero-order valence-electron chi connectivity index (χ0n) is 9.76. The van der Waals surface area contributed by atoms with Gasteiger partial charge >= 0.3 is 0 Å². The summed E-state index contributed by atoms with van der Waals surface area (Å²) in [7, 11) is 0. The summed E-state index contributed by atoms with van der Waals surface area (Å²) in [6.45, 7) is 2.03. The van der Waals surface area contributed by atoms with Crippen LogP contribution in [-0.4, -0.2) is 26.5 Å². The van der Waals surface area contributed by atoms with E-state index in [1.54, 1.807) is 0 Å². The molecule has 1 N–H and O–H groups in total. The van der Waals surface area contributed by atoms with Gasteiger partial charge in [0.1, 0.15) is 11.6 Å². The van der Waals surface area contributed by atoms with Gasteiger partial charge in [-0.15, -0.1) is 10.2 Å². The van der Waals surface area contributed by atoms with Gasteiger partial charge < -0.3 is 14.1 Å². The molecule has 0 saturated carbocycles. The van der Waals surface area contributed by atoms with Gasteiger partial charge in [-0.2, -0.15) is 0 Å². The van der Waals surface area contributed by atoms with Crippen LogP contribution < -0.4 is 0 Å². The predicted molar refractivity (Wildman–Crippen MR) is 61.5 cm³/mol. The Kier molecular flexibility index (Phi) is 2.48. The molecule has 0 spiro atoms.